The van der Waals surface area contributed by atoms with E-state index in [1.54, 1.807) is 0 Å². The van der Waals surface area contributed by atoms with Crippen molar-refractivity contribution in [1.82, 2.24) is 0 Å². The number of furan rings is 1. The first-order chi connectivity index (χ1) is 21.8. The fourth-order valence-corrected chi connectivity index (χ4v) is 11.0. The van der Waals surface area contributed by atoms with Gasteiger partial charge in [-0.2, -0.15) is 0 Å². The molecule has 1 heterocycles. The first kappa shape index (κ1) is 26.4. The van der Waals surface area contributed by atoms with E-state index in [1.165, 1.54) is 42.8 Å². The molecule has 8 rings (SSSR count). The summed E-state index contributed by atoms with van der Waals surface area (Å²) in [5, 5.41) is 9.99. The Morgan fingerprint density at radius 1 is 0.386 bits per heavy atom. The van der Waals surface area contributed by atoms with Gasteiger partial charge in [0.1, 0.15) is 28.9 Å². The molecule has 1 aromatic heterocycles. The highest BCUT2D eigenvalue weighted by Crippen LogP contribution is 2.57. The van der Waals surface area contributed by atoms with E-state index in [2.05, 4.69) is 182 Å². The van der Waals surface area contributed by atoms with E-state index in [0.29, 0.717) is 0 Å². The molecule has 0 unspecified atom stereocenters. The number of fused-ring (bicyclic) bond motifs is 3. The van der Waals surface area contributed by atoms with E-state index in [9.17, 15) is 0 Å². The Kier molecular flexibility index (Phi) is 6.67. The van der Waals surface area contributed by atoms with Gasteiger partial charge in [0, 0.05) is 17.2 Å². The lowest BCUT2D eigenvalue weighted by Gasteiger charge is -2.27. The van der Waals surface area contributed by atoms with Crippen LogP contribution in [0.2, 0.25) is 0 Å². The summed E-state index contributed by atoms with van der Waals surface area (Å²) >= 11 is 0. The topological polar surface area (TPSA) is 13.1 Å². The third kappa shape index (κ3) is 4.29. The van der Waals surface area contributed by atoms with Gasteiger partial charge < -0.3 is 4.42 Å². The molecular formula is C42H30OP+. The summed E-state index contributed by atoms with van der Waals surface area (Å²) in [6, 6.07) is 65.6. The Morgan fingerprint density at radius 2 is 0.841 bits per heavy atom. The first-order valence-electron chi connectivity index (χ1n) is 15.0. The van der Waals surface area contributed by atoms with Crippen LogP contribution in [0.5, 0.6) is 0 Å². The van der Waals surface area contributed by atoms with Crippen molar-refractivity contribution in [2.75, 3.05) is 0 Å². The molecule has 1 nitrogen and oxygen atoms in total. The van der Waals surface area contributed by atoms with Gasteiger partial charge >= 0.3 is 0 Å². The standard InChI is InChI=1S/C42H30OP/c1-5-17-31(18-6-1)42-41(30-40(43-42)39-29-32-19-13-14-26-36(32)37-27-15-16-28-38(37)39)44(33-20-7-2-8-21-33,34-22-9-3-10-23-34)35-24-11-4-12-25-35/h1-30H/q+1. The van der Waals surface area contributed by atoms with E-state index in [1.807, 2.05) is 0 Å². The summed E-state index contributed by atoms with van der Waals surface area (Å²) in [5.41, 5.74) is 2.18. The number of hydrogen-bond acceptors (Lipinski definition) is 1. The second-order valence-corrected chi connectivity index (χ2v) is 14.4. The van der Waals surface area contributed by atoms with Crippen molar-refractivity contribution >= 4 is 50.0 Å². The predicted molar refractivity (Wildman–Crippen MR) is 189 cm³/mol. The van der Waals surface area contributed by atoms with Gasteiger partial charge in [-0.3, -0.25) is 0 Å². The lowest BCUT2D eigenvalue weighted by molar-refractivity contribution is 0.599. The molecule has 44 heavy (non-hydrogen) atoms. The Morgan fingerprint density at radius 3 is 1.41 bits per heavy atom. The highest BCUT2D eigenvalue weighted by molar-refractivity contribution is 8.01. The van der Waals surface area contributed by atoms with Crippen LogP contribution in [0.1, 0.15) is 0 Å². The zero-order valence-corrected chi connectivity index (χ0v) is 25.1. The third-order valence-electron chi connectivity index (χ3n) is 8.57. The smallest absolute Gasteiger partial charge is 0.178 e. The number of rotatable bonds is 6. The molecule has 0 atom stereocenters. The molecule has 0 saturated carbocycles. The summed E-state index contributed by atoms with van der Waals surface area (Å²) in [6.45, 7) is 0. The molecule has 0 aliphatic heterocycles. The number of hydrogen-bond donors (Lipinski definition) is 0. The normalized spacial score (nSPS) is 11.6. The van der Waals surface area contributed by atoms with E-state index < -0.39 is 7.26 Å². The minimum absolute atomic E-state index is 0.882. The molecule has 0 aliphatic rings. The molecule has 0 radical (unpaired) electrons. The quantitative estimate of drug-likeness (QED) is 0.141. The average Bonchev–Trinajstić information content (AvgIpc) is 3.56. The summed E-state index contributed by atoms with van der Waals surface area (Å²) in [7, 11) is -2.41. The largest absolute Gasteiger partial charge is 0.452 e. The fourth-order valence-electron chi connectivity index (χ4n) is 6.64. The van der Waals surface area contributed by atoms with Gasteiger partial charge in [0.15, 0.2) is 11.1 Å². The second-order valence-electron chi connectivity index (χ2n) is 11.1. The molecule has 7 aromatic carbocycles. The maximum Gasteiger partial charge on any atom is 0.178 e. The first-order valence-corrected chi connectivity index (χ1v) is 16.8. The van der Waals surface area contributed by atoms with E-state index in [0.717, 1.165) is 22.6 Å². The van der Waals surface area contributed by atoms with Crippen LogP contribution in [0, 0.1) is 0 Å². The molecule has 0 N–H and O–H groups in total. The minimum atomic E-state index is -2.41. The molecule has 0 saturated heterocycles. The van der Waals surface area contributed by atoms with Crippen LogP contribution in [0.15, 0.2) is 186 Å². The van der Waals surface area contributed by atoms with Crippen LogP contribution >= 0.6 is 7.26 Å². The molecule has 0 amide bonds. The molecule has 208 valence electrons. The van der Waals surface area contributed by atoms with Gasteiger partial charge in [-0.05, 0) is 64.0 Å². The summed E-state index contributed by atoms with van der Waals surface area (Å²) in [5.74, 6) is 1.80. The van der Waals surface area contributed by atoms with E-state index in [-0.39, 0.29) is 0 Å². The summed E-state index contributed by atoms with van der Waals surface area (Å²) < 4.78 is 7.14. The van der Waals surface area contributed by atoms with Crippen molar-refractivity contribution in [3.05, 3.63) is 182 Å². The van der Waals surface area contributed by atoms with Gasteiger partial charge in [-0.25, -0.2) is 0 Å². The highest BCUT2D eigenvalue weighted by atomic mass is 31.2. The Labute approximate surface area is 258 Å². The molecule has 2 heteroatoms. The SMILES string of the molecule is c1ccc(-c2oc(-c3cc4ccccc4c4ccccc34)cc2[P+](c2ccccc2)(c2ccccc2)c2ccccc2)cc1. The van der Waals surface area contributed by atoms with Crippen molar-refractivity contribution in [2.24, 2.45) is 0 Å². The molecule has 0 fully saturated rings. The zero-order valence-electron chi connectivity index (χ0n) is 24.2. The van der Waals surface area contributed by atoms with Crippen LogP contribution in [0.25, 0.3) is 44.2 Å². The van der Waals surface area contributed by atoms with Crippen molar-refractivity contribution in [3.63, 3.8) is 0 Å². The van der Waals surface area contributed by atoms with Crippen LogP contribution in [0.3, 0.4) is 0 Å². The molecule has 0 bridgehead atoms. The summed E-state index contributed by atoms with van der Waals surface area (Å²) in [4.78, 5) is 0. The van der Waals surface area contributed by atoms with Crippen molar-refractivity contribution in [2.45, 2.75) is 0 Å². The highest BCUT2D eigenvalue weighted by Gasteiger charge is 2.51. The van der Waals surface area contributed by atoms with Crippen LogP contribution < -0.4 is 21.2 Å². The minimum Gasteiger partial charge on any atom is -0.452 e. The van der Waals surface area contributed by atoms with Gasteiger partial charge in [0.2, 0.25) is 0 Å². The molecule has 0 spiro atoms. The van der Waals surface area contributed by atoms with Gasteiger partial charge in [-0.15, -0.1) is 0 Å². The maximum atomic E-state index is 7.14. The maximum absolute atomic E-state index is 7.14. The lowest BCUT2D eigenvalue weighted by atomic mass is 9.96. The van der Waals surface area contributed by atoms with Crippen LogP contribution in [-0.4, -0.2) is 0 Å². The van der Waals surface area contributed by atoms with Crippen molar-refractivity contribution in [3.8, 4) is 22.6 Å². The Balaban J connectivity index is 1.52. The Hall–Kier alpha value is -5.23. The van der Waals surface area contributed by atoms with Crippen LogP contribution in [0.4, 0.5) is 0 Å². The predicted octanol–water partition coefficient (Wildman–Crippen LogP) is 9.54. The Bertz CT molecular complexity index is 2110. The van der Waals surface area contributed by atoms with Crippen molar-refractivity contribution in [1.29, 1.82) is 0 Å². The zero-order chi connectivity index (χ0) is 29.3. The van der Waals surface area contributed by atoms with E-state index in [4.69, 9.17) is 4.42 Å². The van der Waals surface area contributed by atoms with Crippen LogP contribution in [-0.2, 0) is 0 Å². The van der Waals surface area contributed by atoms with Crippen molar-refractivity contribution < 1.29 is 4.42 Å². The lowest BCUT2D eigenvalue weighted by Crippen LogP contribution is -2.38. The molecular weight excluding hydrogens is 551 g/mol. The fraction of sp³-hybridized carbons (Fsp3) is 0. The van der Waals surface area contributed by atoms with Gasteiger partial charge in [0.25, 0.3) is 0 Å². The average molecular weight is 582 g/mol. The van der Waals surface area contributed by atoms with Gasteiger partial charge in [0.05, 0.1) is 0 Å². The second kappa shape index (κ2) is 11.1. The number of benzene rings is 7. The molecule has 0 aliphatic carbocycles. The summed E-state index contributed by atoms with van der Waals surface area (Å²) in [6.07, 6.45) is 0. The van der Waals surface area contributed by atoms with E-state index >= 15 is 0 Å². The third-order valence-corrected chi connectivity index (χ3v) is 12.8. The molecule has 8 aromatic rings. The van der Waals surface area contributed by atoms with Gasteiger partial charge in [-0.1, -0.05) is 133 Å². The monoisotopic (exact) mass is 581 g/mol.